The summed E-state index contributed by atoms with van der Waals surface area (Å²) in [5.74, 6) is 1.42. The molecule has 0 aliphatic carbocycles. The van der Waals surface area contributed by atoms with Crippen molar-refractivity contribution in [3.05, 3.63) is 144 Å². The maximum absolute atomic E-state index is 12.4. The van der Waals surface area contributed by atoms with Crippen LogP contribution in [-0.2, 0) is 21.1 Å². The number of benzene rings is 5. The molecule has 0 spiro atoms. The third kappa shape index (κ3) is 5.91. The van der Waals surface area contributed by atoms with Gasteiger partial charge in [-0.25, -0.2) is 4.98 Å². The molecule has 0 aliphatic heterocycles. The van der Waals surface area contributed by atoms with Crippen LogP contribution in [0.15, 0.2) is 121 Å². The molecule has 4 nitrogen and oxygen atoms in total. The zero-order chi connectivity index (χ0) is 32.7. The fourth-order valence-corrected chi connectivity index (χ4v) is 6.65. The van der Waals surface area contributed by atoms with Gasteiger partial charge in [-0.05, 0) is 71.0 Å². The monoisotopic (exact) mass is 807 g/mol. The van der Waals surface area contributed by atoms with E-state index in [-0.39, 0.29) is 38.7 Å². The first kappa shape index (κ1) is 33.1. The van der Waals surface area contributed by atoms with Crippen molar-refractivity contribution in [2.24, 2.45) is 0 Å². The van der Waals surface area contributed by atoms with Crippen molar-refractivity contribution < 1.29 is 26.2 Å². The topological polar surface area (TPSA) is 50.9 Å². The summed E-state index contributed by atoms with van der Waals surface area (Å²) in [6.07, 6.45) is 0. The van der Waals surface area contributed by atoms with Gasteiger partial charge in [0.2, 0.25) is 0 Å². The molecule has 2 heterocycles. The number of hydrogen-bond acceptors (Lipinski definition) is 3. The van der Waals surface area contributed by atoms with Gasteiger partial charge in [-0.2, -0.15) is 0 Å². The van der Waals surface area contributed by atoms with E-state index in [0.29, 0.717) is 17.0 Å². The first-order valence-corrected chi connectivity index (χ1v) is 16.3. The number of phenols is 1. The SMILES string of the molecule is Cc1cc(-c2[c-]cccc2)nc(-c2cccc(-c3nc4ccccc4n3-c3c(C(C)C)cccc3C(C)C)c2O)c1-c1ccccc1.[Pt]. The third-order valence-corrected chi connectivity index (χ3v) is 8.92. The second-order valence-corrected chi connectivity index (χ2v) is 12.7. The number of hydrogen-bond donors (Lipinski definition) is 1. The molecule has 1 N–H and O–H groups in total. The van der Waals surface area contributed by atoms with Crippen molar-refractivity contribution in [1.29, 1.82) is 0 Å². The van der Waals surface area contributed by atoms with Gasteiger partial charge in [-0.15, -0.1) is 35.9 Å². The molecular weight excluding hydrogens is 770 g/mol. The van der Waals surface area contributed by atoms with E-state index >= 15 is 0 Å². The van der Waals surface area contributed by atoms with Gasteiger partial charge in [0.1, 0.15) is 11.6 Å². The van der Waals surface area contributed by atoms with E-state index in [1.165, 1.54) is 11.1 Å². The Morgan fingerprint density at radius 2 is 1.33 bits per heavy atom. The van der Waals surface area contributed by atoms with E-state index < -0.39 is 0 Å². The molecule has 0 saturated carbocycles. The van der Waals surface area contributed by atoms with Crippen LogP contribution in [0.3, 0.4) is 0 Å². The van der Waals surface area contributed by atoms with E-state index in [0.717, 1.165) is 50.4 Å². The molecule has 0 radical (unpaired) electrons. The summed E-state index contributed by atoms with van der Waals surface area (Å²) in [6.45, 7) is 11.0. The number of rotatable bonds is 7. The summed E-state index contributed by atoms with van der Waals surface area (Å²) in [7, 11) is 0. The van der Waals surface area contributed by atoms with Crippen LogP contribution in [0.25, 0.3) is 61.8 Å². The first-order chi connectivity index (χ1) is 22.8. The molecular formula is C43H38N3OPt-. The van der Waals surface area contributed by atoms with Crippen molar-refractivity contribution in [2.75, 3.05) is 0 Å². The summed E-state index contributed by atoms with van der Waals surface area (Å²) in [6, 6.07) is 44.3. The molecule has 0 unspecified atom stereocenters. The van der Waals surface area contributed by atoms with Gasteiger partial charge >= 0.3 is 0 Å². The zero-order valence-electron chi connectivity index (χ0n) is 27.8. The molecule has 0 atom stereocenters. The largest absolute Gasteiger partial charge is 0.506 e. The molecule has 5 aromatic carbocycles. The Hall–Kier alpha value is -4.79. The fraction of sp³-hybridized carbons (Fsp3) is 0.163. The molecule has 2 aromatic heterocycles. The average Bonchev–Trinajstić information content (AvgIpc) is 3.47. The van der Waals surface area contributed by atoms with Crippen LogP contribution in [0.1, 0.15) is 56.2 Å². The smallest absolute Gasteiger partial charge is 0.149 e. The van der Waals surface area contributed by atoms with Crippen molar-refractivity contribution in [2.45, 2.75) is 46.5 Å². The molecule has 0 bridgehead atoms. The maximum atomic E-state index is 12.4. The molecule has 7 rings (SSSR count). The van der Waals surface area contributed by atoms with Crippen LogP contribution in [0, 0.1) is 13.0 Å². The minimum atomic E-state index is 0. The summed E-state index contributed by atoms with van der Waals surface area (Å²) in [5, 5.41) is 12.4. The molecule has 48 heavy (non-hydrogen) atoms. The average molecular weight is 808 g/mol. The number of imidazole rings is 1. The minimum absolute atomic E-state index is 0. The van der Waals surface area contributed by atoms with Gasteiger partial charge in [0.05, 0.1) is 28.0 Å². The Balaban J connectivity index is 0.00000401. The van der Waals surface area contributed by atoms with Gasteiger partial charge in [0, 0.05) is 32.2 Å². The van der Waals surface area contributed by atoms with Gasteiger partial charge < -0.3 is 5.11 Å². The van der Waals surface area contributed by atoms with Crippen LogP contribution in [0.4, 0.5) is 0 Å². The summed E-state index contributed by atoms with van der Waals surface area (Å²) in [5.41, 5.74) is 12.3. The summed E-state index contributed by atoms with van der Waals surface area (Å²) in [4.78, 5) is 10.4. The summed E-state index contributed by atoms with van der Waals surface area (Å²) < 4.78 is 2.25. The molecule has 0 amide bonds. The molecule has 242 valence electrons. The van der Waals surface area contributed by atoms with Gasteiger partial charge in [-0.1, -0.05) is 100 Å². The third-order valence-electron chi connectivity index (χ3n) is 8.92. The number of aromatic nitrogens is 3. The van der Waals surface area contributed by atoms with E-state index in [2.05, 4.69) is 93.8 Å². The molecule has 0 saturated heterocycles. The van der Waals surface area contributed by atoms with Crippen LogP contribution in [0.5, 0.6) is 5.75 Å². The first-order valence-electron chi connectivity index (χ1n) is 16.3. The number of fused-ring (bicyclic) bond motifs is 1. The Kier molecular flexibility index (Phi) is 9.49. The number of pyridine rings is 1. The number of phenolic OH excluding ortho intramolecular Hbond substituents is 1. The Morgan fingerprint density at radius 1 is 0.688 bits per heavy atom. The molecule has 5 heteroatoms. The van der Waals surface area contributed by atoms with Crippen LogP contribution < -0.4 is 0 Å². The number of nitrogens with zero attached hydrogens (tertiary/aromatic N) is 3. The summed E-state index contributed by atoms with van der Waals surface area (Å²) >= 11 is 0. The van der Waals surface area contributed by atoms with E-state index in [4.69, 9.17) is 9.97 Å². The fourth-order valence-electron chi connectivity index (χ4n) is 6.65. The van der Waals surface area contributed by atoms with E-state index in [1.54, 1.807) is 0 Å². The van der Waals surface area contributed by atoms with Gasteiger partial charge in [0.15, 0.2) is 0 Å². The van der Waals surface area contributed by atoms with Crippen molar-refractivity contribution in [3.8, 4) is 56.5 Å². The number of aromatic hydroxyl groups is 1. The molecule has 0 fully saturated rings. The molecule has 0 aliphatic rings. The van der Waals surface area contributed by atoms with Crippen LogP contribution in [-0.4, -0.2) is 19.6 Å². The quantitative estimate of drug-likeness (QED) is 0.163. The number of aryl methyl sites for hydroxylation is 1. The normalized spacial score (nSPS) is 11.3. The van der Waals surface area contributed by atoms with Crippen molar-refractivity contribution in [3.63, 3.8) is 0 Å². The second-order valence-electron chi connectivity index (χ2n) is 12.7. The minimum Gasteiger partial charge on any atom is -0.506 e. The predicted molar refractivity (Wildman–Crippen MR) is 194 cm³/mol. The maximum Gasteiger partial charge on any atom is 0.149 e. The number of para-hydroxylation sites is 4. The van der Waals surface area contributed by atoms with Crippen LogP contribution >= 0.6 is 0 Å². The second kappa shape index (κ2) is 13.7. The van der Waals surface area contributed by atoms with Crippen molar-refractivity contribution >= 4 is 11.0 Å². The molecule has 7 aromatic rings. The van der Waals surface area contributed by atoms with E-state index in [9.17, 15) is 5.11 Å². The van der Waals surface area contributed by atoms with Gasteiger partial charge in [-0.3, -0.25) is 9.55 Å². The Morgan fingerprint density at radius 3 is 2.02 bits per heavy atom. The Bertz CT molecular complexity index is 2190. The zero-order valence-corrected chi connectivity index (χ0v) is 30.1. The van der Waals surface area contributed by atoms with Crippen molar-refractivity contribution in [1.82, 2.24) is 14.5 Å². The van der Waals surface area contributed by atoms with Crippen LogP contribution in [0.2, 0.25) is 0 Å². The Labute approximate surface area is 297 Å². The van der Waals surface area contributed by atoms with E-state index in [1.807, 2.05) is 72.8 Å². The van der Waals surface area contributed by atoms with Gasteiger partial charge in [0.25, 0.3) is 0 Å². The standard InChI is InChI=1S/C43H38N3O.Pt/c1-27(2)32-20-14-21-33(28(3)4)41(32)46-38-25-13-12-24-36(38)45-43(46)35-23-15-22-34(42(35)47)40-39(31-18-10-7-11-19-31)29(5)26-37(44-40)30-16-8-6-9-17-30;/h6-16,18-28,47H,1-5H3;/q-1;. The predicted octanol–water partition coefficient (Wildman–Crippen LogP) is 11.1.